The molecule has 0 atom stereocenters. The molecule has 9 nitrogen and oxygen atoms in total. The molecular weight excluding hydrogens is 1580 g/mol. The van der Waals surface area contributed by atoms with Crippen molar-refractivity contribution in [2.24, 2.45) is 0 Å². The van der Waals surface area contributed by atoms with Gasteiger partial charge in [0, 0.05) is 82.6 Å². The zero-order chi connectivity index (χ0) is 85.5. The third-order valence-electron chi connectivity index (χ3n) is 27.1. The lowest BCUT2D eigenvalue weighted by molar-refractivity contribution is 0.754. The standard InChI is InChI=1S/C62H38N4.C59H37N5/c1-3-15-39(16-4-1)54-35-33-42-31-32-43-34-36-55(64-61(43)60(42)63-54)40-27-29-41(30-28-40)59-49-38-58-53(37-48(49)47-21-9-13-25-56(47)65-59)62(50-22-10-7-19-45(50)46-20-8-11-23-51(46)62)52-24-12-14-26-57(52)66(58)44-17-5-2-6-18-44;1-4-18-39(19-5-1)56-61-57(40-20-6-2-7-21-40)63-58(62-56)41-34-32-38(33-35-41)55-47-37-54-51(36-46(47)45-26-12-16-30-52(45)60-55)59(48-27-13-10-24-43(48)44-25-11-14-28-49(44)59)50-29-15-17-31-53(50)64(54)42-22-8-3-9-23-42/h1-38H;1-37H. The van der Waals surface area contributed by atoms with Crippen LogP contribution in [0.3, 0.4) is 0 Å². The maximum atomic E-state index is 5.49. The molecule has 0 radical (unpaired) electrons. The Balaban J connectivity index is 0.000000137. The molecule has 0 fully saturated rings. The van der Waals surface area contributed by atoms with Crippen LogP contribution in [0.2, 0.25) is 0 Å². The highest BCUT2D eigenvalue weighted by atomic mass is 15.2. The average molecular weight is 1650 g/mol. The van der Waals surface area contributed by atoms with E-state index in [0.29, 0.717) is 17.5 Å². The van der Waals surface area contributed by atoms with Crippen molar-refractivity contribution in [3.63, 3.8) is 0 Å². The molecule has 0 bridgehead atoms. The number of benzene rings is 18. The zero-order valence-corrected chi connectivity index (χ0v) is 70.3. The molecule has 0 amide bonds. The summed E-state index contributed by atoms with van der Waals surface area (Å²) >= 11 is 0. The van der Waals surface area contributed by atoms with Gasteiger partial charge in [0.15, 0.2) is 17.5 Å². The minimum absolute atomic E-state index is 0.554. The molecule has 18 aromatic carbocycles. The topological polar surface area (TPSA) is 96.7 Å². The lowest BCUT2D eigenvalue weighted by atomic mass is 9.64. The summed E-state index contributed by atoms with van der Waals surface area (Å²) in [6, 6.07) is 163. The van der Waals surface area contributed by atoms with E-state index in [9.17, 15) is 0 Å². The molecule has 2 aliphatic heterocycles. The SMILES string of the molecule is c1ccc(-c2ccc3ccc4ccc(-c5ccc(-c6nc7ccccc7c7cc8c(cc67)N(c6ccccc6)c6ccccc6C86c7ccccc7-c7ccccc76)cc5)nc4c3n2)cc1.c1ccc(-c2nc(-c3ccccc3)nc(-c3ccc(-c4nc5ccccc5c5cc6c(cc45)N(c4ccccc4)c4ccccc4C64c5ccccc5-c5ccccc54)cc3)n2)cc1. The van der Waals surface area contributed by atoms with Crippen LogP contribution in [0.4, 0.5) is 34.1 Å². The van der Waals surface area contributed by atoms with E-state index in [2.05, 4.69) is 398 Å². The number of pyridine rings is 4. The molecule has 0 saturated heterocycles. The number of hydrogen-bond acceptors (Lipinski definition) is 9. The van der Waals surface area contributed by atoms with Gasteiger partial charge in [-0.05, 0) is 162 Å². The van der Waals surface area contributed by atoms with Gasteiger partial charge >= 0.3 is 0 Å². The van der Waals surface area contributed by atoms with Gasteiger partial charge in [0.2, 0.25) is 0 Å². The highest BCUT2D eigenvalue weighted by molar-refractivity contribution is 6.16. The first-order valence-electron chi connectivity index (χ1n) is 44.3. The van der Waals surface area contributed by atoms with Crippen molar-refractivity contribution in [1.29, 1.82) is 0 Å². The van der Waals surface area contributed by atoms with E-state index in [1.54, 1.807) is 0 Å². The summed E-state index contributed by atoms with van der Waals surface area (Å²) in [6.45, 7) is 0. The van der Waals surface area contributed by atoms with E-state index in [0.717, 1.165) is 150 Å². The van der Waals surface area contributed by atoms with Gasteiger partial charge in [-0.1, -0.05) is 370 Å². The van der Waals surface area contributed by atoms with Crippen molar-refractivity contribution in [2.75, 3.05) is 9.80 Å². The van der Waals surface area contributed by atoms with Crippen LogP contribution >= 0.6 is 0 Å². The minimum Gasteiger partial charge on any atom is -0.310 e. The molecule has 23 aromatic rings. The average Bonchev–Trinajstić information content (AvgIpc) is 1.47. The molecule has 0 saturated carbocycles. The molecule has 5 aromatic heterocycles. The zero-order valence-electron chi connectivity index (χ0n) is 70.3. The van der Waals surface area contributed by atoms with Gasteiger partial charge in [0.05, 0.1) is 78.4 Å². The van der Waals surface area contributed by atoms with Crippen molar-refractivity contribution in [3.8, 4) is 101 Å². The molecule has 4 aliphatic rings. The van der Waals surface area contributed by atoms with Crippen LogP contribution in [0.1, 0.15) is 44.5 Å². The van der Waals surface area contributed by atoms with Gasteiger partial charge in [-0.3, -0.25) is 0 Å². The molecule has 7 heterocycles. The Bertz CT molecular complexity index is 8390. The summed E-state index contributed by atoms with van der Waals surface area (Å²) in [7, 11) is 0. The Morgan fingerprint density at radius 3 is 0.862 bits per heavy atom. The fraction of sp³-hybridized carbons (Fsp3) is 0.0165. The Morgan fingerprint density at radius 2 is 0.469 bits per heavy atom. The first-order chi connectivity index (χ1) is 64.5. The molecule has 27 rings (SSSR count). The molecular formula is C121H75N9. The molecule has 0 unspecified atom stereocenters. The van der Waals surface area contributed by atoms with Crippen molar-refractivity contribution >= 4 is 99.3 Å². The number of hydrogen-bond donors (Lipinski definition) is 0. The Kier molecular flexibility index (Phi) is 17.0. The first kappa shape index (κ1) is 74.2. The van der Waals surface area contributed by atoms with Crippen molar-refractivity contribution in [2.45, 2.75) is 10.8 Å². The third kappa shape index (κ3) is 11.4. The monoisotopic (exact) mass is 1650 g/mol. The summed E-state index contributed by atoms with van der Waals surface area (Å²) in [5.74, 6) is 1.88. The Morgan fingerprint density at radius 1 is 0.177 bits per heavy atom. The highest BCUT2D eigenvalue weighted by Gasteiger charge is 2.54. The highest BCUT2D eigenvalue weighted by Crippen LogP contribution is 2.67. The predicted molar refractivity (Wildman–Crippen MR) is 532 cm³/mol. The molecule has 2 aliphatic carbocycles. The van der Waals surface area contributed by atoms with E-state index >= 15 is 0 Å². The number of rotatable bonds is 9. The molecule has 0 N–H and O–H groups in total. The quantitative estimate of drug-likeness (QED) is 0.131. The summed E-state index contributed by atoms with van der Waals surface area (Å²) in [4.78, 5) is 41.3. The number of aromatic nitrogens is 7. The second kappa shape index (κ2) is 29.7. The molecule has 9 heteroatoms. The van der Waals surface area contributed by atoms with Gasteiger partial charge in [-0.25, -0.2) is 34.9 Å². The van der Waals surface area contributed by atoms with E-state index < -0.39 is 10.8 Å². The number of anilines is 6. The van der Waals surface area contributed by atoms with Crippen LogP contribution in [0.25, 0.3) is 167 Å². The minimum atomic E-state index is -0.563. The van der Waals surface area contributed by atoms with Gasteiger partial charge in [-0.15, -0.1) is 0 Å². The maximum absolute atomic E-state index is 5.49. The molecule has 604 valence electrons. The lowest BCUT2D eigenvalue weighted by Gasteiger charge is -2.45. The smallest absolute Gasteiger partial charge is 0.164 e. The number of fused-ring (bicyclic) bond motifs is 27. The first-order valence-corrected chi connectivity index (χ1v) is 44.3. The largest absolute Gasteiger partial charge is 0.310 e. The van der Waals surface area contributed by atoms with Crippen molar-refractivity contribution in [1.82, 2.24) is 34.9 Å². The van der Waals surface area contributed by atoms with Gasteiger partial charge in [0.1, 0.15) is 0 Å². The Hall–Kier alpha value is -17.3. The third-order valence-corrected chi connectivity index (χ3v) is 27.1. The number of nitrogens with zero attached hydrogens (tertiary/aromatic N) is 9. The maximum Gasteiger partial charge on any atom is 0.164 e. The van der Waals surface area contributed by atoms with E-state index in [-0.39, 0.29) is 0 Å². The normalized spacial score (nSPS) is 13.2. The fourth-order valence-corrected chi connectivity index (χ4v) is 21.5. The van der Waals surface area contributed by atoms with Crippen LogP contribution in [0, 0.1) is 0 Å². The second-order valence-corrected chi connectivity index (χ2v) is 34.0. The van der Waals surface area contributed by atoms with Crippen LogP contribution in [0.5, 0.6) is 0 Å². The summed E-state index contributed by atoms with van der Waals surface area (Å²) in [5, 5.41) is 8.91. The van der Waals surface area contributed by atoms with Gasteiger partial charge in [0.25, 0.3) is 0 Å². The van der Waals surface area contributed by atoms with Gasteiger partial charge < -0.3 is 9.80 Å². The van der Waals surface area contributed by atoms with Gasteiger partial charge in [-0.2, -0.15) is 0 Å². The Labute approximate surface area is 750 Å². The van der Waals surface area contributed by atoms with Crippen LogP contribution in [-0.2, 0) is 10.8 Å². The van der Waals surface area contributed by atoms with E-state index in [1.165, 1.54) is 77.8 Å². The van der Waals surface area contributed by atoms with E-state index in [1.807, 2.05) is 66.7 Å². The van der Waals surface area contributed by atoms with Crippen LogP contribution < -0.4 is 9.80 Å². The predicted octanol–water partition coefficient (Wildman–Crippen LogP) is 30.0. The second-order valence-electron chi connectivity index (χ2n) is 34.0. The number of para-hydroxylation sites is 6. The summed E-state index contributed by atoms with van der Waals surface area (Å²) in [5.41, 5.74) is 35.4. The molecule has 2 spiro atoms. The van der Waals surface area contributed by atoms with E-state index in [4.69, 9.17) is 34.9 Å². The summed E-state index contributed by atoms with van der Waals surface area (Å²) in [6.07, 6.45) is 0. The van der Waals surface area contributed by atoms with Crippen LogP contribution in [-0.4, -0.2) is 34.9 Å². The fourth-order valence-electron chi connectivity index (χ4n) is 21.5. The molecule has 130 heavy (non-hydrogen) atoms. The van der Waals surface area contributed by atoms with Crippen LogP contribution in [0.15, 0.2) is 455 Å². The van der Waals surface area contributed by atoms with Crippen molar-refractivity contribution in [3.05, 3.63) is 499 Å². The lowest BCUT2D eigenvalue weighted by Crippen LogP contribution is -2.36. The van der Waals surface area contributed by atoms with Crippen molar-refractivity contribution < 1.29 is 0 Å². The summed E-state index contributed by atoms with van der Waals surface area (Å²) < 4.78 is 0.